The molecule has 0 bridgehead atoms. The number of aromatic nitrogens is 1. The molecule has 0 radical (unpaired) electrons. The van der Waals surface area contributed by atoms with Crippen LogP contribution in [0.25, 0.3) is 11.3 Å². The lowest BCUT2D eigenvalue weighted by Crippen LogP contribution is -2.17. The number of likely N-dealkylation sites (N-methyl/N-ethyl adjacent to an activating group) is 1. The molecule has 0 unspecified atom stereocenters. The maximum Gasteiger partial charge on any atom is 0.0485 e. The number of fused-ring (bicyclic) bond motifs is 1. The predicted octanol–water partition coefficient (Wildman–Crippen LogP) is 3.64. The molecule has 0 spiro atoms. The van der Waals surface area contributed by atoms with Crippen LogP contribution in [0.1, 0.15) is 30.5 Å². The minimum absolute atomic E-state index is 1.03. The van der Waals surface area contributed by atoms with E-state index >= 15 is 0 Å². The predicted molar refractivity (Wildman–Crippen MR) is 85.1 cm³/mol. The summed E-state index contributed by atoms with van der Waals surface area (Å²) >= 11 is 0. The van der Waals surface area contributed by atoms with Crippen molar-refractivity contribution in [3.63, 3.8) is 0 Å². The lowest BCUT2D eigenvalue weighted by atomic mass is 10.1. The van der Waals surface area contributed by atoms with Crippen LogP contribution < -0.4 is 5.32 Å². The normalized spacial score (nSPS) is 14.8. The lowest BCUT2D eigenvalue weighted by Gasteiger charge is -2.13. The average Bonchev–Trinajstić information content (AvgIpc) is 2.68. The number of nitrogens with zero attached hydrogens (tertiary/aromatic N) is 1. The highest BCUT2D eigenvalue weighted by molar-refractivity contribution is 5.62. The number of rotatable bonds is 4. The van der Waals surface area contributed by atoms with E-state index in [0.717, 1.165) is 13.1 Å². The van der Waals surface area contributed by atoms with Gasteiger partial charge in [0.2, 0.25) is 0 Å². The molecule has 3 rings (SSSR count). The largest absolute Gasteiger partial charge is 0.343 e. The molecule has 1 aromatic heterocycles. The highest BCUT2D eigenvalue weighted by atomic mass is 15.0. The Kier molecular flexibility index (Phi) is 4.22. The Hall–Kier alpha value is -1.54. The summed E-state index contributed by atoms with van der Waals surface area (Å²) in [7, 11) is 2.03. The van der Waals surface area contributed by atoms with Crippen molar-refractivity contribution in [1.82, 2.24) is 9.88 Å². The molecule has 20 heavy (non-hydrogen) atoms. The molecule has 2 heteroatoms. The highest BCUT2D eigenvalue weighted by Gasteiger charge is 2.17. The van der Waals surface area contributed by atoms with Gasteiger partial charge in [0.25, 0.3) is 0 Å². The molecule has 0 fully saturated rings. The third-order valence-corrected chi connectivity index (χ3v) is 4.31. The average molecular weight is 268 g/mol. The first-order valence-corrected chi connectivity index (χ1v) is 7.81. The van der Waals surface area contributed by atoms with Crippen molar-refractivity contribution in [3.8, 4) is 11.3 Å². The second kappa shape index (κ2) is 6.27. The Bertz CT molecular complexity index is 554. The van der Waals surface area contributed by atoms with Gasteiger partial charge >= 0.3 is 0 Å². The quantitative estimate of drug-likeness (QED) is 0.838. The number of hydrogen-bond acceptors (Lipinski definition) is 1. The molecule has 1 N–H and O–H groups in total. The second-order valence-corrected chi connectivity index (χ2v) is 5.68. The van der Waals surface area contributed by atoms with Gasteiger partial charge in [-0.3, -0.25) is 0 Å². The van der Waals surface area contributed by atoms with E-state index in [1.807, 2.05) is 7.05 Å². The van der Waals surface area contributed by atoms with Gasteiger partial charge in [-0.2, -0.15) is 0 Å². The summed E-state index contributed by atoms with van der Waals surface area (Å²) in [4.78, 5) is 0. The molecule has 1 heterocycles. The summed E-state index contributed by atoms with van der Waals surface area (Å²) in [5.74, 6) is 0. The summed E-state index contributed by atoms with van der Waals surface area (Å²) in [5.41, 5.74) is 5.90. The van der Waals surface area contributed by atoms with Gasteiger partial charge in [-0.05, 0) is 49.9 Å². The van der Waals surface area contributed by atoms with E-state index < -0.39 is 0 Å². The van der Waals surface area contributed by atoms with Crippen LogP contribution in [0.5, 0.6) is 0 Å². The zero-order chi connectivity index (χ0) is 13.8. The Labute approximate surface area is 121 Å². The molecule has 0 saturated heterocycles. The molecule has 1 aliphatic rings. The van der Waals surface area contributed by atoms with Crippen LogP contribution in [0, 0.1) is 0 Å². The van der Waals surface area contributed by atoms with E-state index in [1.165, 1.54) is 43.4 Å². The van der Waals surface area contributed by atoms with Gasteiger partial charge < -0.3 is 9.88 Å². The molecule has 0 aliphatic heterocycles. The second-order valence-electron chi connectivity index (χ2n) is 5.68. The standard InChI is InChI=1S/C18H24N2/c1-19-12-13-20-17-11-7-3-6-10-16(17)14-18(20)15-8-4-2-5-9-15/h2,4-5,8-9,14,19H,3,6-7,10-13H2,1H3. The van der Waals surface area contributed by atoms with Gasteiger partial charge in [0, 0.05) is 24.5 Å². The number of aryl methyl sites for hydroxylation is 1. The van der Waals surface area contributed by atoms with Crippen molar-refractivity contribution in [2.45, 2.75) is 38.6 Å². The van der Waals surface area contributed by atoms with Gasteiger partial charge in [-0.25, -0.2) is 0 Å². The fourth-order valence-electron chi connectivity index (χ4n) is 3.27. The Morgan fingerprint density at radius 2 is 1.85 bits per heavy atom. The van der Waals surface area contributed by atoms with Crippen LogP contribution in [-0.2, 0) is 19.4 Å². The minimum Gasteiger partial charge on any atom is -0.343 e. The summed E-state index contributed by atoms with van der Waals surface area (Å²) in [6.07, 6.45) is 6.55. The zero-order valence-electron chi connectivity index (χ0n) is 12.4. The van der Waals surface area contributed by atoms with Crippen LogP contribution in [0.2, 0.25) is 0 Å². The Morgan fingerprint density at radius 3 is 2.65 bits per heavy atom. The summed E-state index contributed by atoms with van der Waals surface area (Å²) in [5, 5.41) is 3.29. The first-order valence-electron chi connectivity index (χ1n) is 7.81. The van der Waals surface area contributed by atoms with Gasteiger partial charge in [-0.1, -0.05) is 36.8 Å². The van der Waals surface area contributed by atoms with Gasteiger partial charge in [-0.15, -0.1) is 0 Å². The van der Waals surface area contributed by atoms with Crippen molar-refractivity contribution in [1.29, 1.82) is 0 Å². The molecule has 106 valence electrons. The molecule has 0 amide bonds. The Morgan fingerprint density at radius 1 is 1.05 bits per heavy atom. The number of hydrogen-bond donors (Lipinski definition) is 1. The van der Waals surface area contributed by atoms with Crippen LogP contribution in [0.3, 0.4) is 0 Å². The van der Waals surface area contributed by atoms with Crippen molar-refractivity contribution in [2.75, 3.05) is 13.6 Å². The molecule has 1 aliphatic carbocycles. The van der Waals surface area contributed by atoms with Crippen molar-refractivity contribution >= 4 is 0 Å². The fraction of sp³-hybridized carbons (Fsp3) is 0.444. The Balaban J connectivity index is 2.04. The summed E-state index contributed by atoms with van der Waals surface area (Å²) in [6.45, 7) is 2.09. The molecule has 0 saturated carbocycles. The summed E-state index contributed by atoms with van der Waals surface area (Å²) in [6, 6.07) is 13.3. The van der Waals surface area contributed by atoms with E-state index in [-0.39, 0.29) is 0 Å². The van der Waals surface area contributed by atoms with E-state index in [4.69, 9.17) is 0 Å². The monoisotopic (exact) mass is 268 g/mol. The van der Waals surface area contributed by atoms with Crippen LogP contribution in [0.4, 0.5) is 0 Å². The summed E-state index contributed by atoms with van der Waals surface area (Å²) < 4.78 is 2.55. The zero-order valence-corrected chi connectivity index (χ0v) is 12.4. The fourth-order valence-corrected chi connectivity index (χ4v) is 3.27. The maximum atomic E-state index is 3.29. The van der Waals surface area contributed by atoms with Crippen molar-refractivity contribution < 1.29 is 0 Å². The van der Waals surface area contributed by atoms with Crippen molar-refractivity contribution in [3.05, 3.63) is 47.7 Å². The molecular weight excluding hydrogens is 244 g/mol. The van der Waals surface area contributed by atoms with Crippen LogP contribution >= 0.6 is 0 Å². The first-order chi connectivity index (χ1) is 9.90. The number of nitrogens with one attached hydrogen (secondary N) is 1. The van der Waals surface area contributed by atoms with Gasteiger partial charge in [0.05, 0.1) is 0 Å². The SMILES string of the molecule is CNCCn1c(-c2ccccc2)cc2c1CCCCC2. The molecule has 2 nitrogen and oxygen atoms in total. The molecular formula is C18H24N2. The van der Waals surface area contributed by atoms with Gasteiger partial charge in [0.15, 0.2) is 0 Å². The van der Waals surface area contributed by atoms with Crippen LogP contribution in [0.15, 0.2) is 36.4 Å². The third-order valence-electron chi connectivity index (χ3n) is 4.31. The van der Waals surface area contributed by atoms with Crippen molar-refractivity contribution in [2.24, 2.45) is 0 Å². The smallest absolute Gasteiger partial charge is 0.0485 e. The lowest BCUT2D eigenvalue weighted by molar-refractivity contribution is 0.616. The van der Waals surface area contributed by atoms with E-state index in [9.17, 15) is 0 Å². The van der Waals surface area contributed by atoms with E-state index in [1.54, 1.807) is 11.3 Å². The topological polar surface area (TPSA) is 17.0 Å². The molecule has 1 aromatic carbocycles. The van der Waals surface area contributed by atoms with E-state index in [2.05, 4.69) is 46.3 Å². The molecule has 2 aromatic rings. The highest BCUT2D eigenvalue weighted by Crippen LogP contribution is 2.30. The van der Waals surface area contributed by atoms with Crippen LogP contribution in [-0.4, -0.2) is 18.2 Å². The van der Waals surface area contributed by atoms with Gasteiger partial charge in [0.1, 0.15) is 0 Å². The maximum absolute atomic E-state index is 3.29. The third kappa shape index (κ3) is 2.66. The van der Waals surface area contributed by atoms with E-state index in [0.29, 0.717) is 0 Å². The number of benzene rings is 1. The molecule has 0 atom stereocenters. The first kappa shape index (κ1) is 13.4. The minimum atomic E-state index is 1.03.